The first kappa shape index (κ1) is 16.0. The van der Waals surface area contributed by atoms with Crippen LogP contribution in [-0.4, -0.2) is 16.6 Å². The summed E-state index contributed by atoms with van der Waals surface area (Å²) in [6.07, 6.45) is 1.75. The highest BCUT2D eigenvalue weighted by atomic mass is 32.1. The van der Waals surface area contributed by atoms with Gasteiger partial charge >= 0.3 is 0 Å². The molecule has 0 aliphatic carbocycles. The van der Waals surface area contributed by atoms with Gasteiger partial charge in [0.2, 0.25) is 0 Å². The van der Waals surface area contributed by atoms with Gasteiger partial charge in [0.05, 0.1) is 12.1 Å². The Kier molecular flexibility index (Phi) is 5.39. The quantitative estimate of drug-likeness (QED) is 0.859. The zero-order valence-corrected chi connectivity index (χ0v) is 12.8. The molecular formula is C15H18F2N2OS. The Morgan fingerprint density at radius 2 is 2.14 bits per heavy atom. The monoisotopic (exact) mass is 312 g/mol. The first-order valence-corrected chi connectivity index (χ1v) is 7.64. The number of halogens is 2. The maximum Gasteiger partial charge on any atom is 0.131 e. The molecule has 0 aliphatic rings. The van der Waals surface area contributed by atoms with Crippen LogP contribution in [0.25, 0.3) is 0 Å². The van der Waals surface area contributed by atoms with Gasteiger partial charge in [-0.1, -0.05) is 13.0 Å². The molecule has 1 heterocycles. The Labute approximate surface area is 126 Å². The van der Waals surface area contributed by atoms with Crippen LogP contribution in [0.3, 0.4) is 0 Å². The van der Waals surface area contributed by atoms with Crippen LogP contribution in [0.15, 0.2) is 24.4 Å². The smallest absolute Gasteiger partial charge is 0.131 e. The van der Waals surface area contributed by atoms with Crippen LogP contribution in [0.2, 0.25) is 0 Å². The van der Waals surface area contributed by atoms with Crippen molar-refractivity contribution in [2.24, 2.45) is 0 Å². The molecule has 0 saturated heterocycles. The molecule has 2 aromatic rings. The van der Waals surface area contributed by atoms with Crippen molar-refractivity contribution in [3.05, 3.63) is 51.5 Å². The van der Waals surface area contributed by atoms with Gasteiger partial charge in [0.25, 0.3) is 0 Å². The lowest BCUT2D eigenvalue weighted by molar-refractivity contribution is 0.166. The molecule has 1 aromatic heterocycles. The standard InChI is InChI=1S/C15H18F2N2OS/c1-3-11-7-19-15(21-11)9(2)18-8-14(20)12-5-4-10(16)6-13(12)17/h4-7,9,14,18,20H,3,8H2,1-2H3. The highest BCUT2D eigenvalue weighted by Gasteiger charge is 2.16. The predicted molar refractivity (Wildman–Crippen MR) is 79.2 cm³/mol. The van der Waals surface area contributed by atoms with E-state index in [1.54, 1.807) is 11.3 Å². The molecule has 0 aliphatic heterocycles. The van der Waals surface area contributed by atoms with Crippen molar-refractivity contribution in [1.29, 1.82) is 0 Å². The number of thiazole rings is 1. The minimum atomic E-state index is -1.03. The molecule has 21 heavy (non-hydrogen) atoms. The van der Waals surface area contributed by atoms with Crippen LogP contribution in [-0.2, 0) is 6.42 Å². The molecule has 0 bridgehead atoms. The fraction of sp³-hybridized carbons (Fsp3) is 0.400. The zero-order chi connectivity index (χ0) is 15.4. The average Bonchev–Trinajstić information content (AvgIpc) is 2.93. The lowest BCUT2D eigenvalue weighted by Crippen LogP contribution is -2.25. The fourth-order valence-corrected chi connectivity index (χ4v) is 2.83. The molecule has 0 amide bonds. The van der Waals surface area contributed by atoms with Crippen LogP contribution in [0.4, 0.5) is 8.78 Å². The van der Waals surface area contributed by atoms with Gasteiger partial charge in [0.1, 0.15) is 16.6 Å². The molecule has 6 heteroatoms. The van der Waals surface area contributed by atoms with E-state index in [1.165, 1.54) is 10.9 Å². The summed E-state index contributed by atoms with van der Waals surface area (Å²) < 4.78 is 26.4. The van der Waals surface area contributed by atoms with Gasteiger partial charge in [-0.15, -0.1) is 11.3 Å². The molecule has 0 radical (unpaired) electrons. The summed E-state index contributed by atoms with van der Waals surface area (Å²) in [5.41, 5.74) is 0.0875. The number of aliphatic hydroxyl groups is 1. The third-order valence-electron chi connectivity index (χ3n) is 3.23. The van der Waals surface area contributed by atoms with Crippen molar-refractivity contribution in [2.75, 3.05) is 6.54 Å². The van der Waals surface area contributed by atoms with Crippen molar-refractivity contribution >= 4 is 11.3 Å². The first-order chi connectivity index (χ1) is 10.0. The maximum absolute atomic E-state index is 13.6. The van der Waals surface area contributed by atoms with E-state index in [1.807, 2.05) is 13.1 Å². The second-order valence-electron chi connectivity index (χ2n) is 4.83. The van der Waals surface area contributed by atoms with Gasteiger partial charge in [0, 0.05) is 29.2 Å². The van der Waals surface area contributed by atoms with Crippen LogP contribution in [0.1, 0.15) is 41.4 Å². The van der Waals surface area contributed by atoms with Crippen molar-refractivity contribution < 1.29 is 13.9 Å². The summed E-state index contributed by atoms with van der Waals surface area (Å²) >= 11 is 1.61. The molecule has 114 valence electrons. The van der Waals surface area contributed by atoms with Crippen molar-refractivity contribution in [1.82, 2.24) is 10.3 Å². The molecule has 0 spiro atoms. The summed E-state index contributed by atoms with van der Waals surface area (Å²) in [7, 11) is 0. The molecule has 0 saturated carbocycles. The molecule has 2 unspecified atom stereocenters. The fourth-order valence-electron chi connectivity index (χ4n) is 1.94. The number of aryl methyl sites for hydroxylation is 1. The van der Waals surface area contributed by atoms with Crippen molar-refractivity contribution in [3.8, 4) is 0 Å². The van der Waals surface area contributed by atoms with E-state index in [-0.39, 0.29) is 18.2 Å². The summed E-state index contributed by atoms with van der Waals surface area (Å²) in [6.45, 7) is 4.17. The largest absolute Gasteiger partial charge is 0.387 e. The number of nitrogens with zero attached hydrogens (tertiary/aromatic N) is 1. The maximum atomic E-state index is 13.6. The Morgan fingerprint density at radius 3 is 2.76 bits per heavy atom. The molecule has 0 fully saturated rings. The van der Waals surface area contributed by atoms with Crippen molar-refractivity contribution in [3.63, 3.8) is 0 Å². The van der Waals surface area contributed by atoms with Gasteiger partial charge in [0.15, 0.2) is 0 Å². The van der Waals surface area contributed by atoms with Crippen molar-refractivity contribution in [2.45, 2.75) is 32.4 Å². The molecule has 3 nitrogen and oxygen atoms in total. The highest BCUT2D eigenvalue weighted by Crippen LogP contribution is 2.22. The lowest BCUT2D eigenvalue weighted by atomic mass is 10.1. The minimum Gasteiger partial charge on any atom is -0.387 e. The third kappa shape index (κ3) is 4.06. The SMILES string of the molecule is CCc1cnc(C(C)NCC(O)c2ccc(F)cc2F)s1. The van der Waals surface area contributed by atoms with Gasteiger partial charge in [-0.25, -0.2) is 13.8 Å². The van der Waals surface area contributed by atoms with Gasteiger partial charge in [-0.3, -0.25) is 0 Å². The van der Waals surface area contributed by atoms with E-state index in [0.717, 1.165) is 23.6 Å². The Morgan fingerprint density at radius 1 is 1.38 bits per heavy atom. The Bertz CT molecular complexity index is 603. The highest BCUT2D eigenvalue weighted by molar-refractivity contribution is 7.11. The predicted octanol–water partition coefficient (Wildman–Crippen LogP) is 3.37. The third-order valence-corrected chi connectivity index (χ3v) is 4.55. The number of aliphatic hydroxyl groups excluding tert-OH is 1. The van der Waals surface area contributed by atoms with E-state index in [2.05, 4.69) is 17.2 Å². The van der Waals surface area contributed by atoms with E-state index >= 15 is 0 Å². The van der Waals surface area contributed by atoms with Gasteiger partial charge in [-0.05, 0) is 19.4 Å². The number of nitrogens with one attached hydrogen (secondary N) is 1. The Balaban J connectivity index is 1.95. The zero-order valence-electron chi connectivity index (χ0n) is 11.9. The summed E-state index contributed by atoms with van der Waals surface area (Å²) in [4.78, 5) is 5.52. The van der Waals surface area contributed by atoms with E-state index in [4.69, 9.17) is 0 Å². The molecule has 2 rings (SSSR count). The van der Waals surface area contributed by atoms with Gasteiger partial charge < -0.3 is 10.4 Å². The second kappa shape index (κ2) is 7.06. The van der Waals surface area contributed by atoms with E-state index < -0.39 is 17.7 Å². The molecule has 2 N–H and O–H groups in total. The number of aromatic nitrogens is 1. The molecular weight excluding hydrogens is 294 g/mol. The topological polar surface area (TPSA) is 45.2 Å². The van der Waals surface area contributed by atoms with Gasteiger partial charge in [-0.2, -0.15) is 0 Å². The number of hydrogen-bond donors (Lipinski definition) is 2. The van der Waals surface area contributed by atoms with Crippen LogP contribution < -0.4 is 5.32 Å². The average molecular weight is 312 g/mol. The van der Waals surface area contributed by atoms with E-state index in [9.17, 15) is 13.9 Å². The van der Waals surface area contributed by atoms with Crippen LogP contribution >= 0.6 is 11.3 Å². The normalized spacial score (nSPS) is 14.1. The molecule has 1 aromatic carbocycles. The minimum absolute atomic E-state index is 0.0338. The summed E-state index contributed by atoms with van der Waals surface area (Å²) in [6, 6.07) is 3.14. The number of benzene rings is 1. The Hall–Kier alpha value is -1.37. The van der Waals surface area contributed by atoms with Crippen LogP contribution in [0, 0.1) is 11.6 Å². The van der Waals surface area contributed by atoms with Crippen LogP contribution in [0.5, 0.6) is 0 Å². The molecule has 2 atom stereocenters. The summed E-state index contributed by atoms with van der Waals surface area (Å²) in [5.74, 6) is -1.39. The number of hydrogen-bond acceptors (Lipinski definition) is 4. The summed E-state index contributed by atoms with van der Waals surface area (Å²) in [5, 5.41) is 14.0. The number of rotatable bonds is 6. The first-order valence-electron chi connectivity index (χ1n) is 6.82. The lowest BCUT2D eigenvalue weighted by Gasteiger charge is -2.16. The van der Waals surface area contributed by atoms with E-state index in [0.29, 0.717) is 0 Å². The second-order valence-corrected chi connectivity index (χ2v) is 5.98.